The second-order valence-corrected chi connectivity index (χ2v) is 7.84. The number of thiazole rings is 1. The number of aromatic nitrogens is 1. The molecule has 6 nitrogen and oxygen atoms in total. The average Bonchev–Trinajstić information content (AvgIpc) is 3.19. The highest BCUT2D eigenvalue weighted by Crippen LogP contribution is 2.33. The number of benzene rings is 2. The van der Waals surface area contributed by atoms with E-state index in [2.05, 4.69) is 26.2 Å². The monoisotopic (exact) mass is 476 g/mol. The van der Waals surface area contributed by atoms with Crippen molar-refractivity contribution in [3.63, 3.8) is 0 Å². The number of amides is 1. The van der Waals surface area contributed by atoms with E-state index < -0.39 is 0 Å². The molecule has 3 rings (SSSR count). The predicted octanol–water partition coefficient (Wildman–Crippen LogP) is 5.39. The molecule has 0 saturated heterocycles. The molecule has 2 aromatic carbocycles. The summed E-state index contributed by atoms with van der Waals surface area (Å²) < 4.78 is 17.2. The Kier molecular flexibility index (Phi) is 7.48. The van der Waals surface area contributed by atoms with Crippen molar-refractivity contribution in [1.29, 1.82) is 0 Å². The summed E-state index contributed by atoms with van der Waals surface area (Å²) in [6.45, 7) is 0.471. The average molecular weight is 477 g/mol. The summed E-state index contributed by atoms with van der Waals surface area (Å²) in [5, 5.41) is 5.30. The number of ether oxygens (including phenoxy) is 3. The number of halogens is 1. The molecule has 8 heteroatoms. The lowest BCUT2D eigenvalue weighted by molar-refractivity contribution is -0.116. The quantitative estimate of drug-likeness (QED) is 0.419. The van der Waals surface area contributed by atoms with Crippen molar-refractivity contribution >= 4 is 38.3 Å². The van der Waals surface area contributed by atoms with E-state index in [0.29, 0.717) is 36.1 Å². The van der Waals surface area contributed by atoms with Crippen LogP contribution in [-0.4, -0.2) is 31.7 Å². The molecule has 1 amide bonds. The first-order valence-corrected chi connectivity index (χ1v) is 10.6. The van der Waals surface area contributed by atoms with Gasteiger partial charge in [0.2, 0.25) is 5.91 Å². The maximum atomic E-state index is 12.2. The molecule has 0 aliphatic carbocycles. The zero-order valence-corrected chi connectivity index (χ0v) is 18.5. The Morgan fingerprint density at radius 3 is 2.72 bits per heavy atom. The van der Waals surface area contributed by atoms with E-state index in [9.17, 15) is 4.79 Å². The first kappa shape index (κ1) is 21.1. The van der Waals surface area contributed by atoms with E-state index in [1.165, 1.54) is 11.3 Å². The molecule has 0 radical (unpaired) electrons. The van der Waals surface area contributed by atoms with Crippen LogP contribution in [0.5, 0.6) is 17.2 Å². The zero-order chi connectivity index (χ0) is 20.6. The van der Waals surface area contributed by atoms with Crippen molar-refractivity contribution in [3.05, 3.63) is 52.3 Å². The summed E-state index contributed by atoms with van der Waals surface area (Å²) in [4.78, 5) is 16.7. The number of methoxy groups -OCH3 is 2. The van der Waals surface area contributed by atoms with Gasteiger partial charge in [0.1, 0.15) is 5.75 Å². The van der Waals surface area contributed by atoms with E-state index in [1.54, 1.807) is 14.2 Å². The van der Waals surface area contributed by atoms with Crippen LogP contribution in [-0.2, 0) is 4.79 Å². The van der Waals surface area contributed by atoms with Crippen LogP contribution < -0.4 is 19.5 Å². The molecule has 0 spiro atoms. The zero-order valence-electron chi connectivity index (χ0n) is 16.1. The van der Waals surface area contributed by atoms with Gasteiger partial charge in [-0.1, -0.05) is 22.0 Å². The van der Waals surface area contributed by atoms with Gasteiger partial charge in [0.15, 0.2) is 16.6 Å². The van der Waals surface area contributed by atoms with E-state index in [4.69, 9.17) is 14.2 Å². The largest absolute Gasteiger partial charge is 0.494 e. The number of rotatable bonds is 9. The van der Waals surface area contributed by atoms with Gasteiger partial charge in [-0.25, -0.2) is 4.98 Å². The van der Waals surface area contributed by atoms with Gasteiger partial charge in [-0.15, -0.1) is 11.3 Å². The van der Waals surface area contributed by atoms with E-state index in [1.807, 2.05) is 47.8 Å². The lowest BCUT2D eigenvalue weighted by Gasteiger charge is -2.08. The van der Waals surface area contributed by atoms with Gasteiger partial charge >= 0.3 is 0 Å². The van der Waals surface area contributed by atoms with Gasteiger partial charge in [-0.2, -0.15) is 0 Å². The molecule has 0 atom stereocenters. The topological polar surface area (TPSA) is 69.7 Å². The molecule has 0 aliphatic heterocycles. The van der Waals surface area contributed by atoms with Crippen molar-refractivity contribution in [2.24, 2.45) is 0 Å². The van der Waals surface area contributed by atoms with Crippen LogP contribution in [0.4, 0.5) is 5.13 Å². The van der Waals surface area contributed by atoms with E-state index in [-0.39, 0.29) is 5.91 Å². The summed E-state index contributed by atoms with van der Waals surface area (Å²) in [6.07, 6.45) is 0.978. The van der Waals surface area contributed by atoms with Crippen LogP contribution in [0, 0.1) is 0 Å². The molecule has 29 heavy (non-hydrogen) atoms. The molecular formula is C21H21BrN2O4S. The number of nitrogens with zero attached hydrogens (tertiary/aromatic N) is 1. The van der Waals surface area contributed by atoms with Gasteiger partial charge < -0.3 is 19.5 Å². The van der Waals surface area contributed by atoms with E-state index in [0.717, 1.165) is 21.5 Å². The predicted molar refractivity (Wildman–Crippen MR) is 118 cm³/mol. The molecule has 0 unspecified atom stereocenters. The van der Waals surface area contributed by atoms with Gasteiger partial charge in [0, 0.05) is 21.8 Å². The highest BCUT2D eigenvalue weighted by atomic mass is 79.9. The van der Waals surface area contributed by atoms with Gasteiger partial charge in [0.25, 0.3) is 0 Å². The van der Waals surface area contributed by atoms with Crippen LogP contribution in [0.3, 0.4) is 0 Å². The molecule has 3 aromatic rings. The number of carbonyl (C=O) groups is 1. The lowest BCUT2D eigenvalue weighted by Crippen LogP contribution is -2.12. The Balaban J connectivity index is 1.50. The fourth-order valence-corrected chi connectivity index (χ4v) is 3.73. The van der Waals surface area contributed by atoms with Crippen LogP contribution in [0.15, 0.2) is 52.3 Å². The molecule has 1 heterocycles. The van der Waals surface area contributed by atoms with Crippen molar-refractivity contribution in [2.75, 3.05) is 26.1 Å². The Morgan fingerprint density at radius 1 is 1.14 bits per heavy atom. The molecule has 0 aliphatic rings. The number of carbonyl (C=O) groups excluding carboxylic acids is 1. The van der Waals surface area contributed by atoms with E-state index >= 15 is 0 Å². The van der Waals surface area contributed by atoms with Crippen molar-refractivity contribution in [3.8, 4) is 28.5 Å². The normalized spacial score (nSPS) is 10.4. The number of hydrogen-bond acceptors (Lipinski definition) is 6. The molecule has 152 valence electrons. The summed E-state index contributed by atoms with van der Waals surface area (Å²) in [5.74, 6) is 1.98. The third kappa shape index (κ3) is 5.95. The van der Waals surface area contributed by atoms with Crippen LogP contribution in [0.2, 0.25) is 0 Å². The maximum Gasteiger partial charge on any atom is 0.226 e. The number of hydrogen-bond donors (Lipinski definition) is 1. The molecule has 1 aromatic heterocycles. The summed E-state index contributed by atoms with van der Waals surface area (Å²) >= 11 is 4.78. The van der Waals surface area contributed by atoms with Gasteiger partial charge in [0.05, 0.1) is 26.5 Å². The smallest absolute Gasteiger partial charge is 0.226 e. The first-order valence-electron chi connectivity index (χ1n) is 8.95. The Labute approximate surface area is 182 Å². The maximum absolute atomic E-state index is 12.2. The summed E-state index contributed by atoms with van der Waals surface area (Å²) in [5.41, 5.74) is 1.66. The Hall–Kier alpha value is -2.58. The SMILES string of the molecule is COc1ccc(-c2csc(NC(=O)CCCOc3cccc(Br)c3)n2)cc1OC. The third-order valence-corrected chi connectivity index (χ3v) is 5.29. The van der Waals surface area contributed by atoms with Gasteiger partial charge in [-0.3, -0.25) is 4.79 Å². The molecule has 0 fully saturated rings. The highest BCUT2D eigenvalue weighted by molar-refractivity contribution is 9.10. The highest BCUT2D eigenvalue weighted by Gasteiger charge is 2.11. The second-order valence-electron chi connectivity index (χ2n) is 6.07. The number of anilines is 1. The Morgan fingerprint density at radius 2 is 1.97 bits per heavy atom. The van der Waals surface area contributed by atoms with Crippen LogP contribution in [0.25, 0.3) is 11.3 Å². The summed E-state index contributed by atoms with van der Waals surface area (Å²) in [6, 6.07) is 13.2. The fourth-order valence-electron chi connectivity index (χ4n) is 2.62. The minimum Gasteiger partial charge on any atom is -0.494 e. The van der Waals surface area contributed by atoms with Crippen molar-refractivity contribution in [2.45, 2.75) is 12.8 Å². The van der Waals surface area contributed by atoms with Gasteiger partial charge in [-0.05, 0) is 42.8 Å². The standard InChI is InChI=1S/C21H21BrN2O4S/c1-26-18-9-8-14(11-19(18)27-2)17-13-29-21(23-17)24-20(25)7-4-10-28-16-6-3-5-15(22)12-16/h3,5-6,8-9,11-13H,4,7,10H2,1-2H3,(H,23,24,25). The lowest BCUT2D eigenvalue weighted by atomic mass is 10.1. The minimum atomic E-state index is -0.0870. The fraction of sp³-hybridized carbons (Fsp3) is 0.238. The number of nitrogens with one attached hydrogen (secondary N) is 1. The summed E-state index contributed by atoms with van der Waals surface area (Å²) in [7, 11) is 3.19. The third-order valence-electron chi connectivity index (χ3n) is 4.04. The minimum absolute atomic E-state index is 0.0870. The van der Waals surface area contributed by atoms with Crippen LogP contribution >= 0.6 is 27.3 Å². The molecule has 1 N–H and O–H groups in total. The van der Waals surface area contributed by atoms with Crippen molar-refractivity contribution in [1.82, 2.24) is 4.98 Å². The van der Waals surface area contributed by atoms with Crippen LogP contribution in [0.1, 0.15) is 12.8 Å². The first-order chi connectivity index (χ1) is 14.1. The molecular weight excluding hydrogens is 456 g/mol. The van der Waals surface area contributed by atoms with Crippen molar-refractivity contribution < 1.29 is 19.0 Å². The molecule has 0 saturated carbocycles. The Bertz CT molecular complexity index is 977. The molecule has 0 bridgehead atoms. The second kappa shape index (κ2) is 10.3.